The van der Waals surface area contributed by atoms with E-state index in [4.69, 9.17) is 0 Å². The molecule has 22 heavy (non-hydrogen) atoms. The molecule has 0 unspecified atom stereocenters. The van der Waals surface area contributed by atoms with Gasteiger partial charge in [-0.15, -0.1) is 11.3 Å². The number of hydrogen-bond acceptors (Lipinski definition) is 3. The largest absolute Gasteiger partial charge is 0.334 e. The van der Waals surface area contributed by atoms with Crippen molar-refractivity contribution in [3.05, 3.63) is 21.9 Å². The molecule has 0 atom stereocenters. The lowest BCUT2D eigenvalue weighted by atomic mass is 10.1. The lowest BCUT2D eigenvalue weighted by molar-refractivity contribution is 0.0637. The fourth-order valence-corrected chi connectivity index (χ4v) is 4.01. The van der Waals surface area contributed by atoms with Gasteiger partial charge in [0.1, 0.15) is 0 Å². The number of carbonyl (C=O) groups is 2. The highest BCUT2D eigenvalue weighted by Gasteiger charge is 2.28. The molecular weight excluding hydrogens is 298 g/mol. The Balaban J connectivity index is 1.55. The molecule has 2 aliphatic heterocycles. The minimum absolute atomic E-state index is 0.109. The summed E-state index contributed by atoms with van der Waals surface area (Å²) in [6, 6.07) is 2.13. The van der Waals surface area contributed by atoms with Crippen molar-refractivity contribution < 1.29 is 9.59 Å². The minimum Gasteiger partial charge on any atom is -0.334 e. The van der Waals surface area contributed by atoms with E-state index in [2.05, 4.69) is 0 Å². The van der Waals surface area contributed by atoms with Crippen LogP contribution in [0.4, 0.5) is 4.79 Å². The molecule has 1 aromatic heterocycles. The summed E-state index contributed by atoms with van der Waals surface area (Å²) in [5.74, 6) is 0.109. The normalized spacial score (nSPS) is 19.4. The summed E-state index contributed by atoms with van der Waals surface area (Å²) in [6.45, 7) is 6.29. The van der Waals surface area contributed by atoms with Crippen LogP contribution in [0.1, 0.15) is 34.5 Å². The Kier molecular flexibility index (Phi) is 4.66. The molecular formula is C16H23N3O2S. The van der Waals surface area contributed by atoms with Crippen LogP contribution in [0.2, 0.25) is 0 Å². The molecule has 0 bridgehead atoms. The standard InChI is InChI=1S/C16H23N3O2S/c1-13-5-12-22-14(13)15(20)17-8-10-19(11-9-17)16(21)18-6-3-2-4-7-18/h5,12H,2-4,6-11H2,1H3. The maximum Gasteiger partial charge on any atom is 0.320 e. The number of carbonyl (C=O) groups excluding carboxylic acids is 2. The van der Waals surface area contributed by atoms with Crippen molar-refractivity contribution in [2.75, 3.05) is 39.3 Å². The first-order valence-corrected chi connectivity index (χ1v) is 8.92. The van der Waals surface area contributed by atoms with Crippen molar-refractivity contribution in [3.8, 4) is 0 Å². The number of piperazine rings is 1. The Morgan fingerprint density at radius 2 is 1.50 bits per heavy atom. The first-order chi connectivity index (χ1) is 10.7. The second kappa shape index (κ2) is 6.69. The van der Waals surface area contributed by atoms with Crippen molar-refractivity contribution in [3.63, 3.8) is 0 Å². The van der Waals surface area contributed by atoms with Crippen LogP contribution < -0.4 is 0 Å². The molecule has 2 saturated heterocycles. The van der Waals surface area contributed by atoms with Crippen LogP contribution >= 0.6 is 11.3 Å². The zero-order chi connectivity index (χ0) is 15.5. The van der Waals surface area contributed by atoms with Gasteiger partial charge in [0.25, 0.3) is 5.91 Å². The highest BCUT2D eigenvalue weighted by molar-refractivity contribution is 7.12. The number of nitrogens with zero attached hydrogens (tertiary/aromatic N) is 3. The topological polar surface area (TPSA) is 43.9 Å². The Bertz CT molecular complexity index is 543. The molecule has 3 heterocycles. The van der Waals surface area contributed by atoms with Gasteiger partial charge in [-0.3, -0.25) is 4.79 Å². The van der Waals surface area contributed by atoms with Gasteiger partial charge in [-0.05, 0) is 43.2 Å². The molecule has 1 aromatic rings. The van der Waals surface area contributed by atoms with E-state index in [0.29, 0.717) is 26.2 Å². The number of thiophene rings is 1. The SMILES string of the molecule is Cc1ccsc1C(=O)N1CCN(C(=O)N2CCCCC2)CC1. The van der Waals surface area contributed by atoms with Gasteiger partial charge >= 0.3 is 6.03 Å². The summed E-state index contributed by atoms with van der Waals surface area (Å²) >= 11 is 1.50. The number of aryl methyl sites for hydroxylation is 1. The van der Waals surface area contributed by atoms with E-state index >= 15 is 0 Å². The smallest absolute Gasteiger partial charge is 0.320 e. The van der Waals surface area contributed by atoms with Gasteiger partial charge in [-0.25, -0.2) is 4.79 Å². The van der Waals surface area contributed by atoms with Crippen molar-refractivity contribution in [2.24, 2.45) is 0 Å². The van der Waals surface area contributed by atoms with E-state index in [1.54, 1.807) is 0 Å². The van der Waals surface area contributed by atoms with Crippen LogP contribution in [0.15, 0.2) is 11.4 Å². The average Bonchev–Trinajstić information content (AvgIpc) is 3.00. The van der Waals surface area contributed by atoms with E-state index in [-0.39, 0.29) is 11.9 Å². The molecule has 0 radical (unpaired) electrons. The average molecular weight is 321 g/mol. The van der Waals surface area contributed by atoms with Crippen LogP contribution in [-0.2, 0) is 0 Å². The fourth-order valence-electron chi connectivity index (χ4n) is 3.12. The molecule has 120 valence electrons. The predicted octanol–water partition coefficient (Wildman–Crippen LogP) is 2.42. The van der Waals surface area contributed by atoms with E-state index in [1.165, 1.54) is 17.8 Å². The Labute approximate surface area is 135 Å². The van der Waals surface area contributed by atoms with Crippen molar-refractivity contribution in [1.82, 2.24) is 14.7 Å². The van der Waals surface area contributed by atoms with Gasteiger partial charge < -0.3 is 14.7 Å². The lowest BCUT2D eigenvalue weighted by Crippen LogP contribution is -2.54. The first kappa shape index (κ1) is 15.3. The van der Waals surface area contributed by atoms with Crippen LogP contribution in [0, 0.1) is 6.92 Å². The Hall–Kier alpha value is -1.56. The number of hydrogen-bond donors (Lipinski definition) is 0. The molecule has 2 aliphatic rings. The molecule has 2 fully saturated rings. The monoisotopic (exact) mass is 321 g/mol. The molecule has 0 N–H and O–H groups in total. The predicted molar refractivity (Wildman–Crippen MR) is 87.4 cm³/mol. The first-order valence-electron chi connectivity index (χ1n) is 8.04. The molecule has 0 spiro atoms. The number of rotatable bonds is 1. The number of piperidine rings is 1. The quantitative estimate of drug-likeness (QED) is 0.797. The Morgan fingerprint density at radius 3 is 2.09 bits per heavy atom. The van der Waals surface area contributed by atoms with Crippen LogP contribution in [-0.4, -0.2) is 65.9 Å². The van der Waals surface area contributed by atoms with Crippen LogP contribution in [0.3, 0.4) is 0 Å². The van der Waals surface area contributed by atoms with Gasteiger partial charge in [0.15, 0.2) is 0 Å². The minimum atomic E-state index is 0.109. The summed E-state index contributed by atoms with van der Waals surface area (Å²) in [4.78, 5) is 31.5. The third-order valence-electron chi connectivity index (χ3n) is 4.52. The summed E-state index contributed by atoms with van der Waals surface area (Å²) in [5.41, 5.74) is 1.04. The maximum absolute atomic E-state index is 12.5. The molecule has 0 aromatic carbocycles. The molecule has 3 rings (SSSR count). The third-order valence-corrected chi connectivity index (χ3v) is 5.52. The molecule has 3 amide bonds. The van der Waals surface area contributed by atoms with E-state index < -0.39 is 0 Å². The maximum atomic E-state index is 12.5. The molecule has 0 saturated carbocycles. The number of likely N-dealkylation sites (tertiary alicyclic amines) is 1. The van der Waals surface area contributed by atoms with Gasteiger partial charge in [0.2, 0.25) is 0 Å². The zero-order valence-electron chi connectivity index (χ0n) is 13.1. The second-order valence-electron chi connectivity index (χ2n) is 6.04. The molecule has 6 heteroatoms. The summed E-state index contributed by atoms with van der Waals surface area (Å²) in [6.07, 6.45) is 3.45. The highest BCUT2D eigenvalue weighted by Crippen LogP contribution is 2.19. The van der Waals surface area contributed by atoms with Crippen LogP contribution in [0.25, 0.3) is 0 Å². The summed E-state index contributed by atoms with van der Waals surface area (Å²) < 4.78 is 0. The van der Waals surface area contributed by atoms with Crippen molar-refractivity contribution in [2.45, 2.75) is 26.2 Å². The van der Waals surface area contributed by atoms with E-state index in [0.717, 1.165) is 36.4 Å². The summed E-state index contributed by atoms with van der Waals surface area (Å²) in [7, 11) is 0. The van der Waals surface area contributed by atoms with E-state index in [1.807, 2.05) is 33.1 Å². The fraction of sp³-hybridized carbons (Fsp3) is 0.625. The van der Waals surface area contributed by atoms with Gasteiger partial charge in [-0.2, -0.15) is 0 Å². The second-order valence-corrected chi connectivity index (χ2v) is 6.96. The molecule has 5 nitrogen and oxygen atoms in total. The zero-order valence-corrected chi connectivity index (χ0v) is 13.9. The Morgan fingerprint density at radius 1 is 0.909 bits per heavy atom. The van der Waals surface area contributed by atoms with Crippen molar-refractivity contribution in [1.29, 1.82) is 0 Å². The lowest BCUT2D eigenvalue weighted by Gasteiger charge is -2.38. The number of amides is 3. The third kappa shape index (κ3) is 3.11. The highest BCUT2D eigenvalue weighted by atomic mass is 32.1. The molecule has 0 aliphatic carbocycles. The summed E-state index contributed by atoms with van der Waals surface area (Å²) in [5, 5.41) is 1.96. The van der Waals surface area contributed by atoms with Gasteiger partial charge in [0, 0.05) is 39.3 Å². The van der Waals surface area contributed by atoms with Gasteiger partial charge in [-0.1, -0.05) is 0 Å². The van der Waals surface area contributed by atoms with Gasteiger partial charge in [0.05, 0.1) is 4.88 Å². The van der Waals surface area contributed by atoms with Crippen molar-refractivity contribution >= 4 is 23.3 Å². The van der Waals surface area contributed by atoms with E-state index in [9.17, 15) is 9.59 Å². The van der Waals surface area contributed by atoms with Crippen LogP contribution in [0.5, 0.6) is 0 Å². The number of urea groups is 1.